The zero-order chi connectivity index (χ0) is 34.3. The van der Waals surface area contributed by atoms with Gasteiger partial charge in [0, 0.05) is 0 Å². The molecule has 0 aromatic heterocycles. The lowest BCUT2D eigenvalue weighted by Gasteiger charge is -2.61. The van der Waals surface area contributed by atoms with E-state index >= 15 is 0 Å². The molecule has 9 aliphatic rings. The molecule has 4 heteroatoms. The number of aromatic carboxylic acids is 2. The smallest absolute Gasteiger partial charge is 0.335 e. The highest BCUT2D eigenvalue weighted by Crippen LogP contribution is 2.69. The minimum absolute atomic E-state index is 0.119. The largest absolute Gasteiger partial charge is 0.478 e. The van der Waals surface area contributed by atoms with Crippen LogP contribution in [0.5, 0.6) is 0 Å². The molecular weight excluding hydrogens is 629 g/mol. The van der Waals surface area contributed by atoms with Gasteiger partial charge in [-0.25, -0.2) is 9.59 Å². The van der Waals surface area contributed by atoms with E-state index in [4.69, 9.17) is 0 Å². The molecule has 0 unspecified atom stereocenters. The molecule has 2 N–H and O–H groups in total. The Balaban J connectivity index is 1.27. The van der Waals surface area contributed by atoms with E-state index < -0.39 is 17.4 Å². The van der Waals surface area contributed by atoms with Crippen LogP contribution in [0.2, 0.25) is 0 Å². The fourth-order valence-electron chi connectivity index (χ4n) is 14.7. The van der Waals surface area contributed by atoms with Crippen molar-refractivity contribution in [1.82, 2.24) is 0 Å². The van der Waals surface area contributed by atoms with Crippen LogP contribution in [0.3, 0.4) is 0 Å². The Bertz CT molecular complexity index is 1990. The van der Waals surface area contributed by atoms with Crippen LogP contribution < -0.4 is 0 Å². The number of carbonyl (C=O) groups is 2. The zero-order valence-corrected chi connectivity index (χ0v) is 29.2. The molecule has 0 radical (unpaired) electrons. The van der Waals surface area contributed by atoms with Gasteiger partial charge in [0.25, 0.3) is 0 Å². The summed E-state index contributed by atoms with van der Waals surface area (Å²) in [7, 11) is 0. The summed E-state index contributed by atoms with van der Waals surface area (Å²) < 4.78 is 0. The Morgan fingerprint density at radius 3 is 1.33 bits per heavy atom. The first kappa shape index (κ1) is 30.4. The Morgan fingerprint density at radius 1 is 0.451 bits per heavy atom. The van der Waals surface area contributed by atoms with Crippen LogP contribution in [0.25, 0.3) is 11.1 Å². The van der Waals surface area contributed by atoms with E-state index in [2.05, 4.69) is 60.7 Å². The first-order chi connectivity index (χ1) is 24.7. The summed E-state index contributed by atoms with van der Waals surface area (Å²) in [6.07, 6.45) is 16.2. The average Bonchev–Trinajstić information content (AvgIpc) is 3.41. The summed E-state index contributed by atoms with van der Waals surface area (Å²) in [5.74, 6) is 3.03. The number of carboxylic acid groups (broad SMARTS) is 2. The fourth-order valence-corrected chi connectivity index (χ4v) is 14.7. The van der Waals surface area contributed by atoms with Crippen LogP contribution in [-0.2, 0) is 16.2 Å². The normalized spacial score (nSPS) is 34.4. The van der Waals surface area contributed by atoms with Crippen molar-refractivity contribution in [1.29, 1.82) is 0 Å². The van der Waals surface area contributed by atoms with E-state index in [1.165, 1.54) is 99.3 Å². The molecule has 8 bridgehead atoms. The first-order valence-corrected chi connectivity index (χ1v) is 19.7. The third-order valence-electron chi connectivity index (χ3n) is 15.5. The molecule has 4 aromatic rings. The zero-order valence-electron chi connectivity index (χ0n) is 29.2. The van der Waals surface area contributed by atoms with Gasteiger partial charge in [-0.05, 0) is 192 Å². The van der Waals surface area contributed by atoms with E-state index in [1.807, 2.05) is 0 Å². The summed E-state index contributed by atoms with van der Waals surface area (Å²) in [4.78, 5) is 24.4. The lowest BCUT2D eigenvalue weighted by Crippen LogP contribution is -2.53. The van der Waals surface area contributed by atoms with E-state index in [9.17, 15) is 19.8 Å². The van der Waals surface area contributed by atoms with E-state index in [1.54, 1.807) is 35.4 Å². The summed E-state index contributed by atoms with van der Waals surface area (Å²) in [6.45, 7) is 0. The Labute approximate surface area is 300 Å². The second-order valence-electron chi connectivity index (χ2n) is 18.4. The van der Waals surface area contributed by atoms with Gasteiger partial charge in [-0.3, -0.25) is 0 Å². The topological polar surface area (TPSA) is 74.6 Å². The van der Waals surface area contributed by atoms with Crippen molar-refractivity contribution >= 4 is 11.9 Å². The standard InChI is InChI=1S/C47H46O4/c48-43(49)33-5-9-35(10-6-33)47(36-11-7-34(8-12-36)44(50)51)39-4-2-1-3-37(39)38-13-14-40(45-21-27-15-28(22-45)17-29(16-27)23-45)42(41(38)47)46-24-30-18-31(25-46)20-32(19-30)26-46/h1-14,27-32H,15-26H2,(H,48,49)(H,50,51). The van der Waals surface area contributed by atoms with Gasteiger partial charge in [0.2, 0.25) is 0 Å². The molecule has 4 aromatic carbocycles. The molecule has 51 heavy (non-hydrogen) atoms. The summed E-state index contributed by atoms with van der Waals surface area (Å²) in [6, 6.07) is 29.3. The predicted molar refractivity (Wildman–Crippen MR) is 197 cm³/mol. The SMILES string of the molecule is O=C(O)c1ccc(C2(c3ccc(C(=O)O)cc3)c3ccccc3-c3ccc(C45CC6CC(CC(C6)C4)C5)c(C45CC6CC(CC(C6)C4)C5)c32)cc1. The molecule has 13 rings (SSSR count). The van der Waals surface area contributed by atoms with E-state index in [-0.39, 0.29) is 22.0 Å². The summed E-state index contributed by atoms with van der Waals surface area (Å²) in [5, 5.41) is 20.0. The first-order valence-electron chi connectivity index (χ1n) is 19.7. The van der Waals surface area contributed by atoms with Crippen LogP contribution in [0, 0.1) is 35.5 Å². The maximum atomic E-state index is 12.2. The van der Waals surface area contributed by atoms with Gasteiger partial charge >= 0.3 is 11.9 Å². The molecule has 8 fully saturated rings. The molecule has 0 heterocycles. The van der Waals surface area contributed by atoms with Gasteiger partial charge in [-0.15, -0.1) is 0 Å². The minimum atomic E-state index is -0.924. The van der Waals surface area contributed by atoms with E-state index in [0.717, 1.165) is 46.6 Å². The number of hydrogen-bond donors (Lipinski definition) is 2. The number of fused-ring (bicyclic) bond motifs is 3. The molecule has 0 saturated heterocycles. The van der Waals surface area contributed by atoms with Crippen molar-refractivity contribution in [2.45, 2.75) is 93.3 Å². The molecule has 4 nitrogen and oxygen atoms in total. The van der Waals surface area contributed by atoms with Gasteiger partial charge in [-0.2, -0.15) is 0 Å². The van der Waals surface area contributed by atoms with Crippen LogP contribution >= 0.6 is 0 Å². The summed E-state index contributed by atoms with van der Waals surface area (Å²) >= 11 is 0. The van der Waals surface area contributed by atoms with Gasteiger partial charge in [-0.1, -0.05) is 60.7 Å². The maximum absolute atomic E-state index is 12.2. The van der Waals surface area contributed by atoms with Gasteiger partial charge in [0.1, 0.15) is 0 Å². The minimum Gasteiger partial charge on any atom is -0.478 e. The van der Waals surface area contributed by atoms with Crippen LogP contribution in [-0.4, -0.2) is 22.2 Å². The second kappa shape index (κ2) is 10.5. The molecule has 0 atom stereocenters. The Morgan fingerprint density at radius 2 is 0.882 bits per heavy atom. The molecule has 9 aliphatic carbocycles. The molecule has 8 saturated carbocycles. The van der Waals surface area contributed by atoms with Gasteiger partial charge in [0.15, 0.2) is 0 Å². The van der Waals surface area contributed by atoms with Crippen molar-refractivity contribution in [3.8, 4) is 11.1 Å². The monoisotopic (exact) mass is 674 g/mol. The van der Waals surface area contributed by atoms with Gasteiger partial charge in [0.05, 0.1) is 16.5 Å². The number of rotatable bonds is 6. The fraction of sp³-hybridized carbons (Fsp3) is 0.447. The van der Waals surface area contributed by atoms with Crippen LogP contribution in [0.15, 0.2) is 84.9 Å². The molecular formula is C47H46O4. The lowest BCUT2D eigenvalue weighted by atomic mass is 9.43. The molecule has 0 aliphatic heterocycles. The second-order valence-corrected chi connectivity index (χ2v) is 18.4. The highest BCUT2D eigenvalue weighted by Gasteiger charge is 2.60. The Hall–Kier alpha value is -4.18. The number of carboxylic acids is 2. The maximum Gasteiger partial charge on any atom is 0.335 e. The number of hydrogen-bond acceptors (Lipinski definition) is 2. The quantitative estimate of drug-likeness (QED) is 0.188. The van der Waals surface area contributed by atoms with E-state index in [0.29, 0.717) is 0 Å². The van der Waals surface area contributed by atoms with Crippen molar-refractivity contribution in [2.24, 2.45) is 35.5 Å². The third-order valence-corrected chi connectivity index (χ3v) is 15.5. The van der Waals surface area contributed by atoms with Crippen molar-refractivity contribution < 1.29 is 19.8 Å². The van der Waals surface area contributed by atoms with Crippen molar-refractivity contribution in [2.75, 3.05) is 0 Å². The highest BCUT2D eigenvalue weighted by atomic mass is 16.4. The van der Waals surface area contributed by atoms with Gasteiger partial charge < -0.3 is 10.2 Å². The van der Waals surface area contributed by atoms with Crippen LogP contribution in [0.4, 0.5) is 0 Å². The Kier molecular flexibility index (Phi) is 6.24. The van der Waals surface area contributed by atoms with Crippen LogP contribution in [0.1, 0.15) is 131 Å². The predicted octanol–water partition coefficient (Wildman–Crippen LogP) is 10.4. The summed E-state index contributed by atoms with van der Waals surface area (Å²) in [5.41, 5.74) is 10.8. The van der Waals surface area contributed by atoms with Crippen molar-refractivity contribution in [3.63, 3.8) is 0 Å². The lowest BCUT2D eigenvalue weighted by molar-refractivity contribution is -0.0178. The third kappa shape index (κ3) is 4.14. The number of benzene rings is 4. The average molecular weight is 675 g/mol. The highest BCUT2D eigenvalue weighted by molar-refractivity contribution is 5.91. The molecule has 0 amide bonds. The van der Waals surface area contributed by atoms with Crippen molar-refractivity contribution in [3.05, 3.63) is 129 Å². The molecule has 0 spiro atoms. The molecule has 258 valence electrons.